The fraction of sp³-hybridized carbons (Fsp3) is 0.294. The molecule has 0 aliphatic carbocycles. The van der Waals surface area contributed by atoms with Crippen LogP contribution in [0.15, 0.2) is 48.7 Å². The maximum atomic E-state index is 5.31. The first-order valence-electron chi connectivity index (χ1n) is 7.17. The molecule has 1 aromatic heterocycles. The standard InChI is InChI=1S/C17H21N3S/c1-13-8-11-16(18-12-13)20-17(21)19-14(2)9-10-15-6-4-3-5-7-15/h3-8,11-12,14H,9-10H2,1-2H3,(H2,18,19,20,21)/t14-/m0/s1. The Labute approximate surface area is 131 Å². The molecule has 0 saturated carbocycles. The molecule has 21 heavy (non-hydrogen) atoms. The first-order chi connectivity index (χ1) is 10.1. The van der Waals surface area contributed by atoms with Crippen LogP contribution < -0.4 is 10.6 Å². The maximum absolute atomic E-state index is 5.31. The van der Waals surface area contributed by atoms with Crippen molar-refractivity contribution >= 4 is 23.1 Å². The third-order valence-corrected chi connectivity index (χ3v) is 3.46. The van der Waals surface area contributed by atoms with Crippen molar-refractivity contribution in [3.05, 3.63) is 59.8 Å². The van der Waals surface area contributed by atoms with E-state index in [0.29, 0.717) is 11.2 Å². The van der Waals surface area contributed by atoms with E-state index >= 15 is 0 Å². The first-order valence-corrected chi connectivity index (χ1v) is 7.58. The SMILES string of the molecule is Cc1ccc(NC(=S)N[C@@H](C)CCc2ccccc2)nc1. The van der Waals surface area contributed by atoms with E-state index in [9.17, 15) is 0 Å². The Balaban J connectivity index is 1.75. The van der Waals surface area contributed by atoms with Gasteiger partial charge in [-0.3, -0.25) is 0 Å². The molecule has 1 atom stereocenters. The van der Waals surface area contributed by atoms with Crippen LogP contribution in [0.1, 0.15) is 24.5 Å². The number of aryl methyl sites for hydroxylation is 2. The molecule has 1 aromatic carbocycles. The Kier molecular flexibility index (Phi) is 5.69. The van der Waals surface area contributed by atoms with Crippen LogP contribution in [-0.2, 0) is 6.42 Å². The molecule has 2 N–H and O–H groups in total. The van der Waals surface area contributed by atoms with Gasteiger partial charge in [0.1, 0.15) is 5.82 Å². The van der Waals surface area contributed by atoms with Crippen LogP contribution in [0.2, 0.25) is 0 Å². The molecule has 2 aromatic rings. The summed E-state index contributed by atoms with van der Waals surface area (Å²) in [6, 6.07) is 14.7. The molecular weight excluding hydrogens is 278 g/mol. The number of rotatable bonds is 5. The van der Waals surface area contributed by atoms with Crippen molar-refractivity contribution in [3.63, 3.8) is 0 Å². The van der Waals surface area contributed by atoms with Gasteiger partial charge in [-0.1, -0.05) is 36.4 Å². The second-order valence-electron chi connectivity index (χ2n) is 5.24. The summed E-state index contributed by atoms with van der Waals surface area (Å²) < 4.78 is 0. The molecule has 3 nitrogen and oxygen atoms in total. The number of anilines is 1. The highest BCUT2D eigenvalue weighted by atomic mass is 32.1. The largest absolute Gasteiger partial charge is 0.360 e. The summed E-state index contributed by atoms with van der Waals surface area (Å²) in [5, 5.41) is 7.02. The molecule has 0 aliphatic heterocycles. The molecule has 0 unspecified atom stereocenters. The molecule has 0 radical (unpaired) electrons. The summed E-state index contributed by atoms with van der Waals surface area (Å²) in [6.45, 7) is 4.15. The lowest BCUT2D eigenvalue weighted by atomic mass is 10.1. The fourth-order valence-electron chi connectivity index (χ4n) is 2.02. The molecule has 0 amide bonds. The summed E-state index contributed by atoms with van der Waals surface area (Å²) in [4.78, 5) is 4.28. The van der Waals surface area contributed by atoms with Crippen LogP contribution in [-0.4, -0.2) is 16.1 Å². The zero-order valence-corrected chi connectivity index (χ0v) is 13.3. The third-order valence-electron chi connectivity index (χ3n) is 3.24. The monoisotopic (exact) mass is 299 g/mol. The Morgan fingerprint density at radius 1 is 1.19 bits per heavy atom. The van der Waals surface area contributed by atoms with Gasteiger partial charge in [-0.05, 0) is 56.1 Å². The number of thiocarbonyl (C=S) groups is 1. The van der Waals surface area contributed by atoms with Crippen LogP contribution in [0.4, 0.5) is 5.82 Å². The molecule has 0 spiro atoms. The minimum atomic E-state index is 0.315. The predicted molar refractivity (Wildman–Crippen MR) is 92.6 cm³/mol. The molecule has 2 rings (SSSR count). The van der Waals surface area contributed by atoms with Crippen molar-refractivity contribution in [2.24, 2.45) is 0 Å². The van der Waals surface area contributed by atoms with Crippen molar-refractivity contribution in [2.45, 2.75) is 32.7 Å². The van der Waals surface area contributed by atoms with Crippen molar-refractivity contribution in [2.75, 3.05) is 5.32 Å². The molecule has 4 heteroatoms. The third kappa shape index (κ3) is 5.52. The lowest BCUT2D eigenvalue weighted by Gasteiger charge is -2.16. The average Bonchev–Trinajstić information content (AvgIpc) is 2.48. The summed E-state index contributed by atoms with van der Waals surface area (Å²) >= 11 is 5.31. The van der Waals surface area contributed by atoms with Gasteiger partial charge in [0, 0.05) is 12.2 Å². The number of nitrogens with zero attached hydrogens (tertiary/aromatic N) is 1. The van der Waals surface area contributed by atoms with Crippen molar-refractivity contribution in [1.82, 2.24) is 10.3 Å². The first kappa shape index (κ1) is 15.4. The Morgan fingerprint density at radius 3 is 2.62 bits per heavy atom. The second kappa shape index (κ2) is 7.74. The zero-order chi connectivity index (χ0) is 15.1. The van der Waals surface area contributed by atoms with E-state index < -0.39 is 0 Å². The Morgan fingerprint density at radius 2 is 1.95 bits per heavy atom. The lowest BCUT2D eigenvalue weighted by molar-refractivity contribution is 0.609. The molecule has 0 bridgehead atoms. The Hall–Kier alpha value is -1.94. The second-order valence-corrected chi connectivity index (χ2v) is 5.65. The van der Waals surface area contributed by atoms with Crippen molar-refractivity contribution in [1.29, 1.82) is 0 Å². The number of aromatic nitrogens is 1. The van der Waals surface area contributed by atoms with Crippen molar-refractivity contribution in [3.8, 4) is 0 Å². The fourth-order valence-corrected chi connectivity index (χ4v) is 2.32. The summed E-state index contributed by atoms with van der Waals surface area (Å²) in [5.74, 6) is 0.772. The van der Waals surface area contributed by atoms with E-state index in [1.165, 1.54) is 5.56 Å². The van der Waals surface area contributed by atoms with E-state index in [1.54, 1.807) is 0 Å². The summed E-state index contributed by atoms with van der Waals surface area (Å²) in [6.07, 6.45) is 3.90. The minimum absolute atomic E-state index is 0.315. The molecule has 1 heterocycles. The van der Waals surface area contributed by atoms with Gasteiger partial charge in [-0.25, -0.2) is 4.98 Å². The van der Waals surface area contributed by atoms with Crippen LogP contribution in [0.25, 0.3) is 0 Å². The normalized spacial score (nSPS) is 11.7. The van der Waals surface area contributed by atoms with Gasteiger partial charge in [0.2, 0.25) is 0 Å². The average molecular weight is 299 g/mol. The van der Waals surface area contributed by atoms with E-state index in [2.05, 4.69) is 46.8 Å². The number of pyridine rings is 1. The van der Waals surface area contributed by atoms with E-state index in [4.69, 9.17) is 12.2 Å². The van der Waals surface area contributed by atoms with Gasteiger partial charge < -0.3 is 10.6 Å². The topological polar surface area (TPSA) is 37.0 Å². The Bertz CT molecular complexity index is 566. The molecular formula is C17H21N3S. The lowest BCUT2D eigenvalue weighted by Crippen LogP contribution is -2.36. The minimum Gasteiger partial charge on any atom is -0.360 e. The van der Waals surface area contributed by atoms with Crippen LogP contribution in [0.5, 0.6) is 0 Å². The quantitative estimate of drug-likeness (QED) is 0.826. The van der Waals surface area contributed by atoms with Gasteiger partial charge in [-0.2, -0.15) is 0 Å². The smallest absolute Gasteiger partial charge is 0.172 e. The van der Waals surface area contributed by atoms with Gasteiger partial charge in [0.05, 0.1) is 0 Å². The summed E-state index contributed by atoms with van der Waals surface area (Å²) in [7, 11) is 0. The van der Waals surface area contributed by atoms with Crippen LogP contribution >= 0.6 is 12.2 Å². The van der Waals surface area contributed by atoms with E-state index in [0.717, 1.165) is 24.2 Å². The van der Waals surface area contributed by atoms with E-state index in [-0.39, 0.29) is 0 Å². The molecule has 0 aliphatic rings. The zero-order valence-electron chi connectivity index (χ0n) is 12.5. The highest BCUT2D eigenvalue weighted by Gasteiger charge is 2.05. The van der Waals surface area contributed by atoms with Gasteiger partial charge in [-0.15, -0.1) is 0 Å². The maximum Gasteiger partial charge on any atom is 0.172 e. The van der Waals surface area contributed by atoms with Gasteiger partial charge in [0.25, 0.3) is 0 Å². The van der Waals surface area contributed by atoms with Crippen LogP contribution in [0.3, 0.4) is 0 Å². The highest BCUT2D eigenvalue weighted by molar-refractivity contribution is 7.80. The molecule has 110 valence electrons. The molecule has 0 saturated heterocycles. The number of hydrogen-bond acceptors (Lipinski definition) is 2. The number of hydrogen-bond donors (Lipinski definition) is 2. The predicted octanol–water partition coefficient (Wildman–Crippen LogP) is 3.70. The van der Waals surface area contributed by atoms with Crippen molar-refractivity contribution < 1.29 is 0 Å². The van der Waals surface area contributed by atoms with Crippen LogP contribution in [0, 0.1) is 6.92 Å². The van der Waals surface area contributed by atoms with Gasteiger partial charge >= 0.3 is 0 Å². The summed E-state index contributed by atoms with van der Waals surface area (Å²) in [5.41, 5.74) is 2.49. The number of benzene rings is 1. The highest BCUT2D eigenvalue weighted by Crippen LogP contribution is 2.06. The van der Waals surface area contributed by atoms with E-state index in [1.807, 2.05) is 31.3 Å². The molecule has 0 fully saturated rings. The number of nitrogens with one attached hydrogen (secondary N) is 2. The van der Waals surface area contributed by atoms with Gasteiger partial charge in [0.15, 0.2) is 5.11 Å².